The lowest BCUT2D eigenvalue weighted by atomic mass is 9.77. The van der Waals surface area contributed by atoms with E-state index in [1.165, 1.54) is 16.8 Å². The lowest BCUT2D eigenvalue weighted by Gasteiger charge is -2.37. The maximum absolute atomic E-state index is 15.0. The first-order chi connectivity index (χ1) is 20.2. The van der Waals surface area contributed by atoms with E-state index in [0.29, 0.717) is 0 Å². The third kappa shape index (κ3) is 4.32. The molecule has 7 rings (SSSR count). The van der Waals surface area contributed by atoms with Crippen LogP contribution in [0.4, 0.5) is 4.39 Å². The lowest BCUT2D eigenvalue weighted by Crippen LogP contribution is -2.38. The molecule has 2 nitrogen and oxygen atoms in total. The van der Waals surface area contributed by atoms with Gasteiger partial charge in [0.15, 0.2) is 0 Å². The number of hydrogen-bond acceptors (Lipinski definition) is 1. The Balaban J connectivity index is 1.51. The van der Waals surface area contributed by atoms with Crippen molar-refractivity contribution in [1.82, 2.24) is 9.78 Å². The molecule has 0 aliphatic rings. The number of hydrogen-bond donors (Lipinski definition) is 0. The molecule has 0 spiro atoms. The van der Waals surface area contributed by atoms with Gasteiger partial charge in [-0.05, 0) is 63.4 Å². The minimum Gasteiger partial charge on any atom is -0.245 e. The van der Waals surface area contributed by atoms with Crippen molar-refractivity contribution in [2.24, 2.45) is 0 Å². The molecule has 3 heteroatoms. The van der Waals surface area contributed by atoms with E-state index in [1.54, 1.807) is 6.07 Å². The Morgan fingerprint density at radius 1 is 0.537 bits per heavy atom. The summed E-state index contributed by atoms with van der Waals surface area (Å²) in [5, 5.41) is 8.54. The topological polar surface area (TPSA) is 17.8 Å². The molecule has 0 radical (unpaired) electrons. The molecule has 196 valence electrons. The van der Waals surface area contributed by atoms with Crippen LogP contribution in [0.5, 0.6) is 0 Å². The van der Waals surface area contributed by atoms with Gasteiger partial charge in [-0.15, -0.1) is 0 Å². The number of nitrogens with zero attached hydrogens (tertiary/aromatic N) is 2. The van der Waals surface area contributed by atoms with Crippen LogP contribution in [0.2, 0.25) is 0 Å². The number of aromatic nitrogens is 2. The summed E-state index contributed by atoms with van der Waals surface area (Å²) < 4.78 is 17.0. The fourth-order valence-electron chi connectivity index (χ4n) is 5.88. The molecule has 0 unspecified atom stereocenters. The first kappa shape index (κ1) is 24.7. The van der Waals surface area contributed by atoms with Gasteiger partial charge in [0, 0.05) is 5.39 Å². The number of benzene rings is 6. The standard InChI is InChI=1S/C38H27FN2/c39-34-23-24-35-36(25-21-28-20-22-29-12-10-11-13-30(29)26-28)40-41(37(35)27-34)38(31-14-4-1-5-15-31,32-16-6-2-7-17-32)33-18-8-3-9-19-33/h1-27H/b25-21+. The highest BCUT2D eigenvalue weighted by molar-refractivity contribution is 5.92. The molecule has 0 aliphatic heterocycles. The molecule has 0 N–H and O–H groups in total. The molecular formula is C38H27FN2. The van der Waals surface area contributed by atoms with E-state index in [2.05, 4.69) is 78.9 Å². The Morgan fingerprint density at radius 2 is 1.10 bits per heavy atom. The van der Waals surface area contributed by atoms with Gasteiger partial charge in [0.25, 0.3) is 0 Å². The summed E-state index contributed by atoms with van der Waals surface area (Å²) in [6.45, 7) is 0. The van der Waals surface area contributed by atoms with E-state index < -0.39 is 5.54 Å². The SMILES string of the molecule is Fc1ccc2c(/C=C/c3ccc4ccccc4c3)nn(C(c3ccccc3)(c3ccccc3)c3ccccc3)c2c1. The Bertz CT molecular complexity index is 1890. The van der Waals surface area contributed by atoms with Crippen LogP contribution in [0.1, 0.15) is 27.9 Å². The summed E-state index contributed by atoms with van der Waals surface area (Å²) in [5.74, 6) is -0.299. The van der Waals surface area contributed by atoms with Gasteiger partial charge in [0.1, 0.15) is 11.4 Å². The van der Waals surface area contributed by atoms with Crippen molar-refractivity contribution in [2.75, 3.05) is 0 Å². The van der Waals surface area contributed by atoms with E-state index in [-0.39, 0.29) is 5.82 Å². The third-order valence-electron chi connectivity index (χ3n) is 7.77. The Kier molecular flexibility index (Phi) is 6.25. The molecule has 1 heterocycles. The molecule has 0 saturated heterocycles. The first-order valence-electron chi connectivity index (χ1n) is 13.8. The van der Waals surface area contributed by atoms with Crippen molar-refractivity contribution in [3.8, 4) is 0 Å². The molecule has 7 aromatic rings. The van der Waals surface area contributed by atoms with Gasteiger partial charge in [0.05, 0.1) is 11.2 Å². The summed E-state index contributed by atoms with van der Waals surface area (Å²) in [6.07, 6.45) is 4.11. The van der Waals surface area contributed by atoms with Gasteiger partial charge in [-0.25, -0.2) is 9.07 Å². The minimum absolute atomic E-state index is 0.299. The number of halogens is 1. The molecule has 0 bridgehead atoms. The summed E-state index contributed by atoms with van der Waals surface area (Å²) >= 11 is 0. The van der Waals surface area contributed by atoms with Gasteiger partial charge in [-0.3, -0.25) is 0 Å². The Labute approximate surface area is 238 Å². The fraction of sp³-hybridized carbons (Fsp3) is 0.0263. The summed E-state index contributed by atoms with van der Waals surface area (Å²) in [6, 6.07) is 50.7. The van der Waals surface area contributed by atoms with Crippen molar-refractivity contribution >= 4 is 33.8 Å². The zero-order valence-corrected chi connectivity index (χ0v) is 22.4. The van der Waals surface area contributed by atoms with E-state index in [4.69, 9.17) is 5.10 Å². The van der Waals surface area contributed by atoms with Crippen molar-refractivity contribution < 1.29 is 4.39 Å². The highest BCUT2D eigenvalue weighted by Crippen LogP contribution is 2.43. The van der Waals surface area contributed by atoms with Gasteiger partial charge >= 0.3 is 0 Å². The van der Waals surface area contributed by atoms with Crippen LogP contribution in [0.15, 0.2) is 152 Å². The van der Waals surface area contributed by atoms with Crippen LogP contribution in [0, 0.1) is 5.82 Å². The monoisotopic (exact) mass is 530 g/mol. The second-order valence-corrected chi connectivity index (χ2v) is 10.2. The fourth-order valence-corrected chi connectivity index (χ4v) is 5.88. The van der Waals surface area contributed by atoms with E-state index >= 15 is 0 Å². The summed E-state index contributed by atoms with van der Waals surface area (Å²) in [4.78, 5) is 0. The van der Waals surface area contributed by atoms with Gasteiger partial charge < -0.3 is 0 Å². The van der Waals surface area contributed by atoms with Crippen LogP contribution in [0.3, 0.4) is 0 Å². The zero-order chi connectivity index (χ0) is 27.6. The largest absolute Gasteiger partial charge is 0.245 e. The quantitative estimate of drug-likeness (QED) is 0.196. The summed E-state index contributed by atoms with van der Waals surface area (Å²) in [7, 11) is 0. The molecule has 0 aliphatic carbocycles. The molecule has 0 fully saturated rings. The van der Waals surface area contributed by atoms with E-state index in [1.807, 2.05) is 77.5 Å². The average Bonchev–Trinajstić information content (AvgIpc) is 3.39. The van der Waals surface area contributed by atoms with Crippen molar-refractivity contribution in [1.29, 1.82) is 0 Å². The van der Waals surface area contributed by atoms with E-state index in [0.717, 1.165) is 38.9 Å². The number of fused-ring (bicyclic) bond motifs is 2. The van der Waals surface area contributed by atoms with Gasteiger partial charge in [-0.2, -0.15) is 5.10 Å². The van der Waals surface area contributed by atoms with Crippen LogP contribution >= 0.6 is 0 Å². The molecule has 0 amide bonds. The smallest absolute Gasteiger partial charge is 0.138 e. The van der Waals surface area contributed by atoms with Crippen LogP contribution < -0.4 is 0 Å². The highest BCUT2D eigenvalue weighted by Gasteiger charge is 2.40. The molecule has 1 aromatic heterocycles. The van der Waals surface area contributed by atoms with Crippen LogP contribution in [0.25, 0.3) is 33.8 Å². The Hall–Kier alpha value is -5.28. The van der Waals surface area contributed by atoms with Crippen molar-refractivity contribution in [3.63, 3.8) is 0 Å². The molecule has 0 saturated carbocycles. The second kappa shape index (κ2) is 10.4. The first-order valence-corrected chi connectivity index (χ1v) is 13.8. The maximum Gasteiger partial charge on any atom is 0.138 e. The Morgan fingerprint density at radius 3 is 1.71 bits per heavy atom. The highest BCUT2D eigenvalue weighted by atomic mass is 19.1. The predicted molar refractivity (Wildman–Crippen MR) is 167 cm³/mol. The molecular weight excluding hydrogens is 503 g/mol. The van der Waals surface area contributed by atoms with Crippen LogP contribution in [-0.2, 0) is 5.54 Å². The van der Waals surface area contributed by atoms with Gasteiger partial charge in [-0.1, -0.05) is 133 Å². The molecule has 0 atom stereocenters. The average molecular weight is 531 g/mol. The minimum atomic E-state index is -0.842. The van der Waals surface area contributed by atoms with Crippen molar-refractivity contribution in [2.45, 2.75) is 5.54 Å². The maximum atomic E-state index is 15.0. The predicted octanol–water partition coefficient (Wildman–Crippen LogP) is 9.34. The summed E-state index contributed by atoms with van der Waals surface area (Å²) in [5.41, 5.74) is 4.85. The lowest BCUT2D eigenvalue weighted by molar-refractivity contribution is 0.474. The van der Waals surface area contributed by atoms with E-state index in [9.17, 15) is 4.39 Å². The molecule has 6 aromatic carbocycles. The van der Waals surface area contributed by atoms with Crippen LogP contribution in [-0.4, -0.2) is 9.78 Å². The number of rotatable bonds is 6. The third-order valence-corrected chi connectivity index (χ3v) is 7.77. The molecule has 41 heavy (non-hydrogen) atoms. The normalized spacial score (nSPS) is 11.9. The van der Waals surface area contributed by atoms with Gasteiger partial charge in [0.2, 0.25) is 0 Å². The zero-order valence-electron chi connectivity index (χ0n) is 22.4. The second-order valence-electron chi connectivity index (χ2n) is 10.2. The van der Waals surface area contributed by atoms with Crippen molar-refractivity contribution in [3.05, 3.63) is 185 Å².